The number of rotatable bonds is 8. The summed E-state index contributed by atoms with van der Waals surface area (Å²) < 4.78 is 15.8. The number of carbonyl (C=O) groups is 1. The van der Waals surface area contributed by atoms with E-state index in [9.17, 15) is 14.9 Å². The van der Waals surface area contributed by atoms with Gasteiger partial charge in [-0.05, 0) is 36.8 Å². The number of non-ortho nitro benzene ring substituents is 1. The van der Waals surface area contributed by atoms with E-state index in [2.05, 4.69) is 5.32 Å². The fourth-order valence-corrected chi connectivity index (χ4v) is 2.32. The molecule has 0 aromatic heterocycles. The maximum absolute atomic E-state index is 12.2. The van der Waals surface area contributed by atoms with Gasteiger partial charge in [-0.3, -0.25) is 14.9 Å². The van der Waals surface area contributed by atoms with Crippen LogP contribution < -0.4 is 19.5 Å². The van der Waals surface area contributed by atoms with Gasteiger partial charge in [0.2, 0.25) is 5.91 Å². The third-order valence-corrected chi connectivity index (χ3v) is 3.57. The molecule has 0 spiro atoms. The Morgan fingerprint density at radius 3 is 2.44 bits per heavy atom. The van der Waals surface area contributed by atoms with Crippen molar-refractivity contribution < 1.29 is 23.9 Å². The second-order valence-corrected chi connectivity index (χ2v) is 5.31. The topological polar surface area (TPSA) is 99.9 Å². The third kappa shape index (κ3) is 5.21. The molecule has 0 unspecified atom stereocenters. The summed E-state index contributed by atoms with van der Waals surface area (Å²) in [4.78, 5) is 22.5. The zero-order valence-electron chi connectivity index (χ0n) is 15.2. The van der Waals surface area contributed by atoms with Gasteiger partial charge in [0.25, 0.3) is 5.69 Å². The summed E-state index contributed by atoms with van der Waals surface area (Å²) in [5.74, 6) is 1.04. The molecule has 2 rings (SSSR count). The second kappa shape index (κ2) is 9.23. The number of nitrogens with zero attached hydrogens (tertiary/aromatic N) is 1. The van der Waals surface area contributed by atoms with Gasteiger partial charge in [-0.15, -0.1) is 0 Å². The molecule has 0 saturated heterocycles. The molecule has 1 amide bonds. The fraction of sp³-hybridized carbons (Fsp3) is 0.211. The average Bonchev–Trinajstić information content (AvgIpc) is 2.66. The quantitative estimate of drug-likeness (QED) is 0.431. The molecule has 0 aliphatic rings. The molecule has 2 aromatic rings. The largest absolute Gasteiger partial charge is 0.495 e. The van der Waals surface area contributed by atoms with Crippen molar-refractivity contribution >= 4 is 23.4 Å². The van der Waals surface area contributed by atoms with Crippen LogP contribution in [0.2, 0.25) is 0 Å². The molecule has 0 saturated carbocycles. The van der Waals surface area contributed by atoms with Crippen LogP contribution >= 0.6 is 0 Å². The van der Waals surface area contributed by atoms with E-state index in [4.69, 9.17) is 14.2 Å². The summed E-state index contributed by atoms with van der Waals surface area (Å²) in [6.07, 6.45) is 2.91. The van der Waals surface area contributed by atoms with Gasteiger partial charge in [-0.1, -0.05) is 6.07 Å². The molecule has 27 heavy (non-hydrogen) atoms. The van der Waals surface area contributed by atoms with E-state index in [0.29, 0.717) is 23.9 Å². The summed E-state index contributed by atoms with van der Waals surface area (Å²) in [6, 6.07) is 9.24. The number of hydrogen-bond donors (Lipinski definition) is 1. The molecule has 0 aliphatic heterocycles. The normalized spacial score (nSPS) is 10.5. The highest BCUT2D eigenvalue weighted by Gasteiger charge is 2.12. The fourth-order valence-electron chi connectivity index (χ4n) is 2.32. The SMILES string of the molecule is CCOc1cc(/C=C/C(=O)Nc2cc([N+](=O)[O-])ccc2OC)ccc1OC. The number of anilines is 1. The van der Waals surface area contributed by atoms with Gasteiger partial charge in [0.1, 0.15) is 5.75 Å². The molecular weight excluding hydrogens is 352 g/mol. The molecule has 0 bridgehead atoms. The first kappa shape index (κ1) is 19.8. The van der Waals surface area contributed by atoms with Crippen molar-refractivity contribution in [3.63, 3.8) is 0 Å². The number of nitrogens with one attached hydrogen (secondary N) is 1. The first-order chi connectivity index (χ1) is 13.0. The lowest BCUT2D eigenvalue weighted by atomic mass is 10.2. The maximum atomic E-state index is 12.2. The van der Waals surface area contributed by atoms with Gasteiger partial charge in [0, 0.05) is 18.2 Å². The van der Waals surface area contributed by atoms with E-state index in [1.165, 1.54) is 31.4 Å². The van der Waals surface area contributed by atoms with Gasteiger partial charge in [0.05, 0.1) is 31.4 Å². The second-order valence-electron chi connectivity index (χ2n) is 5.31. The van der Waals surface area contributed by atoms with E-state index in [1.54, 1.807) is 31.4 Å². The molecule has 1 N–H and O–H groups in total. The van der Waals surface area contributed by atoms with Gasteiger partial charge in [0.15, 0.2) is 11.5 Å². The van der Waals surface area contributed by atoms with Gasteiger partial charge < -0.3 is 19.5 Å². The molecule has 0 aliphatic carbocycles. The van der Waals surface area contributed by atoms with E-state index in [0.717, 1.165) is 5.56 Å². The summed E-state index contributed by atoms with van der Waals surface area (Å²) in [7, 11) is 2.96. The predicted octanol–water partition coefficient (Wildman–Crippen LogP) is 3.66. The Kier molecular flexibility index (Phi) is 6.76. The van der Waals surface area contributed by atoms with Crippen molar-refractivity contribution in [2.45, 2.75) is 6.92 Å². The zero-order valence-corrected chi connectivity index (χ0v) is 15.2. The van der Waals surface area contributed by atoms with Crippen molar-refractivity contribution in [2.75, 3.05) is 26.1 Å². The molecule has 0 fully saturated rings. The number of nitro groups is 1. The first-order valence-corrected chi connectivity index (χ1v) is 8.10. The highest BCUT2D eigenvalue weighted by molar-refractivity contribution is 6.03. The molecule has 8 nitrogen and oxygen atoms in total. The highest BCUT2D eigenvalue weighted by atomic mass is 16.6. The molecule has 8 heteroatoms. The van der Waals surface area contributed by atoms with Crippen LogP contribution in [-0.2, 0) is 4.79 Å². The van der Waals surface area contributed by atoms with Gasteiger partial charge in [-0.2, -0.15) is 0 Å². The summed E-state index contributed by atoms with van der Waals surface area (Å²) in [6.45, 7) is 2.35. The Hall–Kier alpha value is -3.55. The summed E-state index contributed by atoms with van der Waals surface area (Å²) >= 11 is 0. The number of methoxy groups -OCH3 is 2. The standard InChI is InChI=1S/C19H20N2O6/c1-4-27-18-11-13(5-8-17(18)26-3)6-10-19(22)20-15-12-14(21(23)24)7-9-16(15)25-2/h5-12H,4H2,1-3H3,(H,20,22)/b10-6+. The van der Waals surface area contributed by atoms with Crippen LogP contribution in [0.5, 0.6) is 17.2 Å². The number of benzene rings is 2. The Labute approximate surface area is 156 Å². The van der Waals surface area contributed by atoms with E-state index < -0.39 is 10.8 Å². The number of carbonyl (C=O) groups excluding carboxylic acids is 1. The van der Waals surface area contributed by atoms with E-state index in [1.807, 2.05) is 6.92 Å². The van der Waals surface area contributed by atoms with Gasteiger partial charge >= 0.3 is 0 Å². The van der Waals surface area contributed by atoms with Crippen molar-refractivity contribution in [3.05, 3.63) is 58.2 Å². The third-order valence-electron chi connectivity index (χ3n) is 3.57. The maximum Gasteiger partial charge on any atom is 0.271 e. The Morgan fingerprint density at radius 2 is 1.81 bits per heavy atom. The molecule has 142 valence electrons. The van der Waals surface area contributed by atoms with E-state index in [-0.39, 0.29) is 11.4 Å². The first-order valence-electron chi connectivity index (χ1n) is 8.10. The summed E-state index contributed by atoms with van der Waals surface area (Å²) in [5.41, 5.74) is 0.804. The van der Waals surface area contributed by atoms with Crippen molar-refractivity contribution in [2.24, 2.45) is 0 Å². The Bertz CT molecular complexity index is 863. The zero-order chi connectivity index (χ0) is 19.8. The van der Waals surface area contributed by atoms with Crippen LogP contribution in [0.4, 0.5) is 11.4 Å². The van der Waals surface area contributed by atoms with Crippen LogP contribution in [0.1, 0.15) is 12.5 Å². The number of ether oxygens (including phenoxy) is 3. The van der Waals surface area contributed by atoms with Crippen molar-refractivity contribution in [3.8, 4) is 17.2 Å². The van der Waals surface area contributed by atoms with Crippen LogP contribution in [0.25, 0.3) is 6.08 Å². The van der Waals surface area contributed by atoms with Gasteiger partial charge in [-0.25, -0.2) is 0 Å². The van der Waals surface area contributed by atoms with E-state index >= 15 is 0 Å². The minimum Gasteiger partial charge on any atom is -0.495 e. The lowest BCUT2D eigenvalue weighted by molar-refractivity contribution is -0.384. The minimum atomic E-state index is -0.544. The average molecular weight is 372 g/mol. The van der Waals surface area contributed by atoms with Crippen LogP contribution in [0, 0.1) is 10.1 Å². The monoisotopic (exact) mass is 372 g/mol. The lowest BCUT2D eigenvalue weighted by Crippen LogP contribution is -2.09. The minimum absolute atomic E-state index is 0.147. The number of nitro benzene ring substituents is 1. The van der Waals surface area contributed by atoms with Crippen molar-refractivity contribution in [1.29, 1.82) is 0 Å². The highest BCUT2D eigenvalue weighted by Crippen LogP contribution is 2.30. The Balaban J connectivity index is 2.17. The number of amides is 1. The lowest BCUT2D eigenvalue weighted by Gasteiger charge is -2.10. The van der Waals surface area contributed by atoms with Crippen molar-refractivity contribution in [1.82, 2.24) is 0 Å². The Morgan fingerprint density at radius 1 is 1.11 bits per heavy atom. The molecule has 0 radical (unpaired) electrons. The smallest absolute Gasteiger partial charge is 0.271 e. The van der Waals surface area contributed by atoms with Crippen LogP contribution in [0.15, 0.2) is 42.5 Å². The number of hydrogen-bond acceptors (Lipinski definition) is 6. The summed E-state index contributed by atoms with van der Waals surface area (Å²) in [5, 5.41) is 13.5. The van der Waals surface area contributed by atoms with Crippen LogP contribution in [-0.4, -0.2) is 31.7 Å². The predicted molar refractivity (Wildman–Crippen MR) is 101 cm³/mol. The molecule has 0 heterocycles. The molecular formula is C19H20N2O6. The molecule has 0 atom stereocenters. The van der Waals surface area contributed by atoms with Crippen LogP contribution in [0.3, 0.4) is 0 Å². The molecule has 2 aromatic carbocycles.